The molecule has 0 N–H and O–H groups in total. The van der Waals surface area contributed by atoms with E-state index in [4.69, 9.17) is 4.74 Å². The number of benzene rings is 2. The lowest BCUT2D eigenvalue weighted by Crippen LogP contribution is -2.50. The predicted molar refractivity (Wildman–Crippen MR) is 110 cm³/mol. The summed E-state index contributed by atoms with van der Waals surface area (Å²) in [4.78, 5) is 29.1. The van der Waals surface area contributed by atoms with Crippen LogP contribution < -0.4 is 4.74 Å². The van der Waals surface area contributed by atoms with Crippen LogP contribution in [0.2, 0.25) is 0 Å². The van der Waals surface area contributed by atoms with E-state index in [-0.39, 0.29) is 17.6 Å². The highest BCUT2D eigenvalue weighted by molar-refractivity contribution is 5.97. The summed E-state index contributed by atoms with van der Waals surface area (Å²) >= 11 is 0. The Morgan fingerprint density at radius 1 is 0.964 bits per heavy atom. The second-order valence-electron chi connectivity index (χ2n) is 7.32. The van der Waals surface area contributed by atoms with Crippen molar-refractivity contribution >= 4 is 11.7 Å². The van der Waals surface area contributed by atoms with Gasteiger partial charge in [-0.3, -0.25) is 14.5 Å². The van der Waals surface area contributed by atoms with Gasteiger partial charge in [0, 0.05) is 38.2 Å². The lowest BCUT2D eigenvalue weighted by atomic mass is 9.97. The first-order chi connectivity index (χ1) is 13.6. The van der Waals surface area contributed by atoms with Crippen molar-refractivity contribution in [2.45, 2.75) is 19.3 Å². The van der Waals surface area contributed by atoms with Crippen molar-refractivity contribution in [1.82, 2.24) is 9.80 Å². The van der Waals surface area contributed by atoms with Gasteiger partial charge in [0.25, 0.3) is 0 Å². The Bertz CT molecular complexity index is 781. The third-order valence-corrected chi connectivity index (χ3v) is 5.35. The van der Waals surface area contributed by atoms with Crippen LogP contribution >= 0.6 is 0 Å². The van der Waals surface area contributed by atoms with Crippen molar-refractivity contribution < 1.29 is 14.3 Å². The maximum Gasteiger partial charge on any atom is 0.223 e. The number of rotatable bonds is 7. The van der Waals surface area contributed by atoms with Crippen LogP contribution in [0, 0.1) is 0 Å². The molecule has 3 rings (SSSR count). The highest BCUT2D eigenvalue weighted by atomic mass is 16.5. The standard InChI is InChI=1S/C23H28N2O3/c1-18(19-6-4-3-5-7-19)16-23(27)25-14-12-24(13-15-25)17-22(26)20-8-10-21(28-2)11-9-20/h3-11,18H,12-17H2,1-2H3. The van der Waals surface area contributed by atoms with E-state index in [0.717, 1.165) is 18.8 Å². The number of hydrogen-bond donors (Lipinski definition) is 0. The number of carbonyl (C=O) groups excluding carboxylic acids is 2. The van der Waals surface area contributed by atoms with Crippen molar-refractivity contribution in [2.75, 3.05) is 39.8 Å². The lowest BCUT2D eigenvalue weighted by Gasteiger charge is -2.35. The van der Waals surface area contributed by atoms with E-state index in [2.05, 4.69) is 24.0 Å². The normalized spacial score (nSPS) is 15.9. The van der Waals surface area contributed by atoms with Gasteiger partial charge in [0.05, 0.1) is 13.7 Å². The number of ketones is 1. The quantitative estimate of drug-likeness (QED) is 0.692. The van der Waals surface area contributed by atoms with E-state index in [1.807, 2.05) is 23.1 Å². The number of carbonyl (C=O) groups is 2. The van der Waals surface area contributed by atoms with Gasteiger partial charge in [-0.15, -0.1) is 0 Å². The Hall–Kier alpha value is -2.66. The Morgan fingerprint density at radius 3 is 2.21 bits per heavy atom. The summed E-state index contributed by atoms with van der Waals surface area (Å²) in [7, 11) is 1.61. The molecule has 1 heterocycles. The number of hydrogen-bond acceptors (Lipinski definition) is 4. The van der Waals surface area contributed by atoms with Crippen LogP contribution in [0.25, 0.3) is 0 Å². The fourth-order valence-electron chi connectivity index (χ4n) is 3.52. The lowest BCUT2D eigenvalue weighted by molar-refractivity contribution is -0.133. The Morgan fingerprint density at radius 2 is 1.61 bits per heavy atom. The van der Waals surface area contributed by atoms with Crippen molar-refractivity contribution in [1.29, 1.82) is 0 Å². The summed E-state index contributed by atoms with van der Waals surface area (Å²) in [5.41, 5.74) is 1.88. The van der Waals surface area contributed by atoms with Gasteiger partial charge < -0.3 is 9.64 Å². The molecule has 0 radical (unpaired) electrons. The SMILES string of the molecule is COc1ccc(C(=O)CN2CCN(C(=O)CC(C)c3ccccc3)CC2)cc1. The number of methoxy groups -OCH3 is 1. The van der Waals surface area contributed by atoms with Gasteiger partial charge in [0.1, 0.15) is 5.75 Å². The van der Waals surface area contributed by atoms with Crippen molar-refractivity contribution in [3.63, 3.8) is 0 Å². The van der Waals surface area contributed by atoms with Gasteiger partial charge in [0.2, 0.25) is 5.91 Å². The second-order valence-corrected chi connectivity index (χ2v) is 7.32. The number of Topliss-reactive ketones (excluding diaryl/α,β-unsaturated/α-hetero) is 1. The van der Waals surface area contributed by atoms with Crippen LogP contribution in [0.5, 0.6) is 5.75 Å². The first-order valence-electron chi connectivity index (χ1n) is 9.79. The van der Waals surface area contributed by atoms with Crippen LogP contribution in [-0.2, 0) is 4.79 Å². The molecule has 2 aromatic rings. The largest absolute Gasteiger partial charge is 0.497 e. The molecule has 1 aliphatic heterocycles. The maximum atomic E-state index is 12.6. The molecule has 1 unspecified atom stereocenters. The molecule has 2 aromatic carbocycles. The van der Waals surface area contributed by atoms with E-state index in [9.17, 15) is 9.59 Å². The average Bonchev–Trinajstić information content (AvgIpc) is 2.74. The second kappa shape index (κ2) is 9.51. The third kappa shape index (κ3) is 5.20. The molecular weight excluding hydrogens is 352 g/mol. The van der Waals surface area contributed by atoms with E-state index in [1.165, 1.54) is 5.56 Å². The summed E-state index contributed by atoms with van der Waals surface area (Å²) in [6.45, 7) is 5.29. The van der Waals surface area contributed by atoms with Crippen molar-refractivity contribution in [2.24, 2.45) is 0 Å². The van der Waals surface area contributed by atoms with Crippen molar-refractivity contribution in [3.05, 3.63) is 65.7 Å². The predicted octanol–water partition coefficient (Wildman–Crippen LogP) is 3.22. The Balaban J connectivity index is 1.45. The molecule has 5 heteroatoms. The van der Waals surface area contributed by atoms with Gasteiger partial charge in [-0.1, -0.05) is 37.3 Å². The Kier molecular flexibility index (Phi) is 6.82. The number of piperazine rings is 1. The van der Waals surface area contributed by atoms with Crippen LogP contribution in [-0.4, -0.2) is 61.3 Å². The number of ether oxygens (including phenoxy) is 1. The summed E-state index contributed by atoms with van der Waals surface area (Å²) in [6.07, 6.45) is 0.523. The molecule has 1 aliphatic rings. The van der Waals surface area contributed by atoms with Gasteiger partial charge in [-0.05, 0) is 35.7 Å². The van der Waals surface area contributed by atoms with Crippen molar-refractivity contribution in [3.8, 4) is 5.75 Å². The molecule has 1 saturated heterocycles. The molecule has 0 spiro atoms. The summed E-state index contributed by atoms with van der Waals surface area (Å²) in [5, 5.41) is 0. The third-order valence-electron chi connectivity index (χ3n) is 5.35. The minimum atomic E-state index is 0.0973. The first-order valence-corrected chi connectivity index (χ1v) is 9.79. The minimum Gasteiger partial charge on any atom is -0.497 e. The molecule has 0 saturated carbocycles. The maximum absolute atomic E-state index is 12.6. The first kappa shape index (κ1) is 20.1. The summed E-state index contributed by atoms with van der Waals surface area (Å²) in [5.74, 6) is 1.24. The zero-order chi connectivity index (χ0) is 19.9. The molecule has 28 heavy (non-hydrogen) atoms. The molecule has 1 atom stereocenters. The van der Waals surface area contributed by atoms with Gasteiger partial charge >= 0.3 is 0 Å². The molecule has 5 nitrogen and oxygen atoms in total. The molecule has 0 bridgehead atoms. The zero-order valence-corrected chi connectivity index (χ0v) is 16.6. The topological polar surface area (TPSA) is 49.9 Å². The molecule has 1 amide bonds. The highest BCUT2D eigenvalue weighted by Crippen LogP contribution is 2.20. The smallest absolute Gasteiger partial charge is 0.223 e. The summed E-state index contributed by atoms with van der Waals surface area (Å²) < 4.78 is 5.13. The fraction of sp³-hybridized carbons (Fsp3) is 0.391. The molecule has 1 fully saturated rings. The minimum absolute atomic E-state index is 0.0973. The van der Waals surface area contributed by atoms with Gasteiger partial charge in [0.15, 0.2) is 5.78 Å². The van der Waals surface area contributed by atoms with Crippen LogP contribution in [0.15, 0.2) is 54.6 Å². The summed E-state index contributed by atoms with van der Waals surface area (Å²) in [6, 6.07) is 17.4. The molecule has 0 aliphatic carbocycles. The van der Waals surface area contributed by atoms with Gasteiger partial charge in [-0.25, -0.2) is 0 Å². The van der Waals surface area contributed by atoms with E-state index >= 15 is 0 Å². The van der Waals surface area contributed by atoms with Gasteiger partial charge in [-0.2, -0.15) is 0 Å². The van der Waals surface area contributed by atoms with E-state index in [1.54, 1.807) is 31.4 Å². The number of nitrogens with zero attached hydrogens (tertiary/aromatic N) is 2. The monoisotopic (exact) mass is 380 g/mol. The van der Waals surface area contributed by atoms with Crippen LogP contribution in [0.1, 0.15) is 35.2 Å². The highest BCUT2D eigenvalue weighted by Gasteiger charge is 2.24. The van der Waals surface area contributed by atoms with E-state index < -0.39 is 0 Å². The molecular formula is C23H28N2O3. The van der Waals surface area contributed by atoms with Crippen LogP contribution in [0.4, 0.5) is 0 Å². The number of amides is 1. The van der Waals surface area contributed by atoms with Crippen LogP contribution in [0.3, 0.4) is 0 Å². The zero-order valence-electron chi connectivity index (χ0n) is 16.6. The molecule has 0 aromatic heterocycles. The molecule has 148 valence electrons. The van der Waals surface area contributed by atoms with E-state index in [0.29, 0.717) is 31.6 Å². The average molecular weight is 380 g/mol. The Labute approximate surface area is 166 Å². The fourth-order valence-corrected chi connectivity index (χ4v) is 3.52.